The number of aliphatic hydroxyl groups is 1. The number of hydrogen-bond donors (Lipinski definition) is 2. The quantitative estimate of drug-likeness (QED) is 0.428. The minimum atomic E-state index is -0.440. The number of nitrogens with zero attached hydrogens (tertiary/aromatic N) is 1. The topological polar surface area (TPSA) is 61.7 Å². The molecule has 0 saturated heterocycles. The monoisotopic (exact) mass is 376 g/mol. The summed E-state index contributed by atoms with van der Waals surface area (Å²) >= 11 is 12.0. The summed E-state index contributed by atoms with van der Waals surface area (Å²) in [6.07, 6.45) is 1.32. The van der Waals surface area contributed by atoms with Crippen molar-refractivity contribution in [2.75, 3.05) is 0 Å². The van der Waals surface area contributed by atoms with Crippen LogP contribution in [0.4, 0.5) is 5.69 Å². The molecule has 0 atom stereocenters. The minimum absolute atomic E-state index is 0.0248. The first-order valence-electron chi connectivity index (χ1n) is 7.67. The van der Waals surface area contributed by atoms with Crippen LogP contribution in [0.3, 0.4) is 0 Å². The molecule has 25 heavy (non-hydrogen) atoms. The van der Waals surface area contributed by atoms with Gasteiger partial charge in [0, 0.05) is 22.8 Å². The smallest absolute Gasteiger partial charge is 0.256 e. The number of carbonyl (C=O) groups is 1. The van der Waals surface area contributed by atoms with E-state index in [1.54, 1.807) is 48.5 Å². The molecule has 0 aliphatic rings. The maximum atomic E-state index is 12.5. The zero-order valence-electron chi connectivity index (χ0n) is 13.8. The molecule has 0 bridgehead atoms. The van der Waals surface area contributed by atoms with E-state index in [0.717, 1.165) is 0 Å². The maximum Gasteiger partial charge on any atom is 0.256 e. The molecule has 0 aliphatic carbocycles. The van der Waals surface area contributed by atoms with Crippen LogP contribution in [0.1, 0.15) is 19.4 Å². The molecule has 2 aromatic carbocycles. The van der Waals surface area contributed by atoms with Crippen molar-refractivity contribution >= 4 is 46.8 Å². The Morgan fingerprint density at radius 2 is 1.76 bits per heavy atom. The van der Waals surface area contributed by atoms with Crippen LogP contribution < -0.4 is 5.32 Å². The van der Waals surface area contributed by atoms with Crippen LogP contribution in [0.25, 0.3) is 5.76 Å². The second-order valence-electron chi connectivity index (χ2n) is 5.60. The van der Waals surface area contributed by atoms with Gasteiger partial charge >= 0.3 is 0 Å². The number of hydrogen-bond acceptors (Lipinski definition) is 3. The lowest BCUT2D eigenvalue weighted by atomic mass is 10.1. The summed E-state index contributed by atoms with van der Waals surface area (Å²) in [5.41, 5.74) is 0.989. The second-order valence-corrected chi connectivity index (χ2v) is 6.45. The van der Waals surface area contributed by atoms with Crippen molar-refractivity contribution in [1.29, 1.82) is 0 Å². The molecule has 0 aromatic heterocycles. The van der Waals surface area contributed by atoms with Crippen molar-refractivity contribution in [3.8, 4) is 0 Å². The van der Waals surface area contributed by atoms with Gasteiger partial charge in [-0.05, 0) is 50.2 Å². The molecule has 0 unspecified atom stereocenters. The highest BCUT2D eigenvalue weighted by molar-refractivity contribution is 6.33. The summed E-state index contributed by atoms with van der Waals surface area (Å²) in [5.74, 6) is -0.674. The van der Waals surface area contributed by atoms with Gasteiger partial charge in [-0.25, -0.2) is 0 Å². The second kappa shape index (κ2) is 8.70. The van der Waals surface area contributed by atoms with E-state index < -0.39 is 5.91 Å². The summed E-state index contributed by atoms with van der Waals surface area (Å²) in [5, 5.41) is 14.3. The zero-order valence-corrected chi connectivity index (χ0v) is 15.3. The van der Waals surface area contributed by atoms with Gasteiger partial charge in [0.2, 0.25) is 0 Å². The molecule has 0 heterocycles. The van der Waals surface area contributed by atoms with Crippen molar-refractivity contribution in [3.63, 3.8) is 0 Å². The van der Waals surface area contributed by atoms with Crippen LogP contribution >= 0.6 is 23.2 Å². The van der Waals surface area contributed by atoms with Crippen molar-refractivity contribution in [2.24, 2.45) is 4.99 Å². The van der Waals surface area contributed by atoms with Gasteiger partial charge in [-0.2, -0.15) is 0 Å². The van der Waals surface area contributed by atoms with Gasteiger partial charge < -0.3 is 10.4 Å². The molecule has 2 aromatic rings. The first kappa shape index (κ1) is 19.0. The van der Waals surface area contributed by atoms with Crippen molar-refractivity contribution < 1.29 is 9.90 Å². The highest BCUT2D eigenvalue weighted by Gasteiger charge is 2.17. The molecule has 4 nitrogen and oxygen atoms in total. The molecule has 0 spiro atoms. The van der Waals surface area contributed by atoms with E-state index in [4.69, 9.17) is 23.2 Å². The fourth-order valence-electron chi connectivity index (χ4n) is 2.03. The summed E-state index contributed by atoms with van der Waals surface area (Å²) in [6, 6.07) is 13.5. The van der Waals surface area contributed by atoms with E-state index in [9.17, 15) is 9.90 Å². The normalized spacial score (nSPS) is 12.4. The van der Waals surface area contributed by atoms with Crippen molar-refractivity contribution in [2.45, 2.75) is 19.9 Å². The average molecular weight is 377 g/mol. The summed E-state index contributed by atoms with van der Waals surface area (Å²) in [4.78, 5) is 16.7. The number of halogens is 2. The Hall–Kier alpha value is -2.30. The number of carbonyl (C=O) groups excluding carboxylic acids is 1. The van der Waals surface area contributed by atoms with Gasteiger partial charge in [-0.3, -0.25) is 9.79 Å². The Bertz CT molecular complexity index is 812. The summed E-state index contributed by atoms with van der Waals surface area (Å²) in [6.45, 7) is 3.66. The molecular formula is C19H18Cl2N2O2. The van der Waals surface area contributed by atoms with Gasteiger partial charge in [0.1, 0.15) is 11.3 Å². The van der Waals surface area contributed by atoms with E-state index >= 15 is 0 Å². The van der Waals surface area contributed by atoms with Crippen LogP contribution in [-0.4, -0.2) is 23.3 Å². The zero-order chi connectivity index (χ0) is 18.4. The molecule has 1 amide bonds. The summed E-state index contributed by atoms with van der Waals surface area (Å²) < 4.78 is 0. The third kappa shape index (κ3) is 5.34. The van der Waals surface area contributed by atoms with Gasteiger partial charge in [-0.15, -0.1) is 0 Å². The third-order valence-electron chi connectivity index (χ3n) is 3.22. The van der Waals surface area contributed by atoms with Crippen molar-refractivity contribution in [3.05, 3.63) is 69.7 Å². The number of amides is 1. The highest BCUT2D eigenvalue weighted by atomic mass is 35.5. The lowest BCUT2D eigenvalue weighted by molar-refractivity contribution is -0.117. The predicted octanol–water partition coefficient (Wildman–Crippen LogP) is 5.19. The highest BCUT2D eigenvalue weighted by Crippen LogP contribution is 2.24. The van der Waals surface area contributed by atoms with Crippen LogP contribution in [0, 0.1) is 0 Å². The fraction of sp³-hybridized carbons (Fsp3) is 0.158. The number of nitrogens with one attached hydrogen (secondary N) is 1. The van der Waals surface area contributed by atoms with Crippen LogP contribution in [0.5, 0.6) is 0 Å². The Morgan fingerprint density at radius 1 is 1.12 bits per heavy atom. The third-order valence-corrected chi connectivity index (χ3v) is 3.80. The molecule has 0 saturated carbocycles. The largest absolute Gasteiger partial charge is 0.506 e. The van der Waals surface area contributed by atoms with Gasteiger partial charge in [-0.1, -0.05) is 35.3 Å². The molecule has 0 fully saturated rings. The van der Waals surface area contributed by atoms with Gasteiger partial charge in [0.15, 0.2) is 0 Å². The van der Waals surface area contributed by atoms with Crippen LogP contribution in [0.2, 0.25) is 10.0 Å². The Kier molecular flexibility index (Phi) is 6.62. The Morgan fingerprint density at radius 3 is 2.36 bits per heavy atom. The molecule has 0 aliphatic heterocycles. The van der Waals surface area contributed by atoms with Gasteiger partial charge in [0.25, 0.3) is 5.91 Å². The Labute approximate surface area is 156 Å². The van der Waals surface area contributed by atoms with E-state index in [-0.39, 0.29) is 17.4 Å². The van der Waals surface area contributed by atoms with Gasteiger partial charge in [0.05, 0.1) is 10.7 Å². The van der Waals surface area contributed by atoms with E-state index in [2.05, 4.69) is 10.3 Å². The maximum absolute atomic E-state index is 12.5. The SMILES string of the molecule is CC(C)NC(=O)/C(C=Nc1ccc(Cl)cc1)=C(\O)c1ccccc1Cl. The molecule has 130 valence electrons. The Balaban J connectivity index is 2.45. The molecule has 6 heteroatoms. The van der Waals surface area contributed by atoms with E-state index in [1.807, 2.05) is 13.8 Å². The van der Waals surface area contributed by atoms with Crippen molar-refractivity contribution in [1.82, 2.24) is 5.32 Å². The molecular weight excluding hydrogens is 359 g/mol. The lowest BCUT2D eigenvalue weighted by Crippen LogP contribution is -2.32. The minimum Gasteiger partial charge on any atom is -0.506 e. The number of benzene rings is 2. The number of rotatable bonds is 5. The lowest BCUT2D eigenvalue weighted by Gasteiger charge is -2.11. The predicted molar refractivity (Wildman–Crippen MR) is 104 cm³/mol. The van der Waals surface area contributed by atoms with Crippen LogP contribution in [0.15, 0.2) is 59.1 Å². The van der Waals surface area contributed by atoms with Crippen LogP contribution in [-0.2, 0) is 4.79 Å². The van der Waals surface area contributed by atoms with E-state index in [0.29, 0.717) is 21.3 Å². The number of aliphatic hydroxyl groups excluding tert-OH is 1. The average Bonchev–Trinajstić information content (AvgIpc) is 2.56. The fourth-order valence-corrected chi connectivity index (χ4v) is 2.38. The molecule has 2 rings (SSSR count). The summed E-state index contributed by atoms with van der Waals surface area (Å²) in [7, 11) is 0. The molecule has 0 radical (unpaired) electrons. The number of aliphatic imine (C=N–C) groups is 1. The van der Waals surface area contributed by atoms with E-state index in [1.165, 1.54) is 6.21 Å². The first-order valence-corrected chi connectivity index (χ1v) is 8.42. The molecule has 2 N–H and O–H groups in total. The standard InChI is InChI=1S/C19H18Cl2N2O2/c1-12(2)23-19(25)16(11-22-14-9-7-13(20)8-10-14)18(24)15-5-3-4-6-17(15)21/h3-12,24H,1-2H3,(H,23,25)/b18-16-,22-11?. The first-order chi connectivity index (χ1) is 11.9.